The van der Waals surface area contributed by atoms with Gasteiger partial charge in [0.2, 0.25) is 5.76 Å². The van der Waals surface area contributed by atoms with E-state index in [1.54, 1.807) is 0 Å². The Morgan fingerprint density at radius 3 is 2.17 bits per heavy atom. The molecule has 1 heterocycles. The van der Waals surface area contributed by atoms with Gasteiger partial charge in [0.25, 0.3) is 5.91 Å². The summed E-state index contributed by atoms with van der Waals surface area (Å²) in [4.78, 5) is 22.6. The van der Waals surface area contributed by atoms with Crippen molar-refractivity contribution >= 4 is 11.9 Å². The second kappa shape index (κ2) is 4.15. The third kappa shape index (κ3) is 2.25. The maximum Gasteiger partial charge on any atom is 0.371 e. The molecule has 5 nitrogen and oxygen atoms in total. The average molecular weight is 249 g/mol. The van der Waals surface area contributed by atoms with Gasteiger partial charge in [0.15, 0.2) is 5.76 Å². The van der Waals surface area contributed by atoms with Crippen LogP contribution in [0.25, 0.3) is 0 Å². The smallest absolute Gasteiger partial charge is 0.371 e. The molecule has 96 valence electrons. The summed E-state index contributed by atoms with van der Waals surface area (Å²) < 4.78 is 5.00. The van der Waals surface area contributed by atoms with Gasteiger partial charge in [0.05, 0.1) is 0 Å². The first kappa shape index (κ1) is 11.3. The quantitative estimate of drug-likeness (QED) is 0.835. The molecule has 0 aliphatic heterocycles. The van der Waals surface area contributed by atoms with Gasteiger partial charge in [-0.3, -0.25) is 4.79 Å². The molecule has 3 rings (SSSR count). The van der Waals surface area contributed by atoms with Crippen LogP contribution < -0.4 is 5.32 Å². The highest BCUT2D eigenvalue weighted by molar-refractivity contribution is 5.93. The summed E-state index contributed by atoms with van der Waals surface area (Å²) in [6.07, 6.45) is 4.72. The van der Waals surface area contributed by atoms with E-state index in [2.05, 4.69) is 5.32 Å². The maximum absolute atomic E-state index is 12.0. The molecule has 18 heavy (non-hydrogen) atoms. The standard InChI is InChI=1S/C13H15NO4/c15-12(9-5-6-10(18-9)13(16)17)14-11(7-1-2-7)8-3-4-8/h5-8,11H,1-4H2,(H,14,15)(H,16,17). The number of hydrogen-bond acceptors (Lipinski definition) is 3. The largest absolute Gasteiger partial charge is 0.475 e. The number of aromatic carboxylic acids is 1. The van der Waals surface area contributed by atoms with E-state index in [0.29, 0.717) is 11.8 Å². The van der Waals surface area contributed by atoms with Crippen LogP contribution >= 0.6 is 0 Å². The monoisotopic (exact) mass is 249 g/mol. The SMILES string of the molecule is O=C(O)c1ccc(C(=O)NC(C2CC2)C2CC2)o1. The van der Waals surface area contributed by atoms with Crippen molar-refractivity contribution in [2.75, 3.05) is 0 Å². The lowest BCUT2D eigenvalue weighted by Crippen LogP contribution is -2.37. The number of carboxylic acids is 1. The number of carbonyl (C=O) groups excluding carboxylic acids is 1. The lowest BCUT2D eigenvalue weighted by Gasteiger charge is -2.16. The molecule has 0 spiro atoms. The number of furan rings is 1. The number of hydrogen-bond donors (Lipinski definition) is 2. The molecule has 0 unspecified atom stereocenters. The number of carbonyl (C=O) groups is 2. The molecule has 2 fully saturated rings. The lowest BCUT2D eigenvalue weighted by atomic mass is 10.1. The molecule has 1 amide bonds. The van der Waals surface area contributed by atoms with E-state index in [0.717, 1.165) is 0 Å². The highest BCUT2D eigenvalue weighted by Crippen LogP contribution is 2.44. The van der Waals surface area contributed by atoms with Crippen molar-refractivity contribution in [3.63, 3.8) is 0 Å². The zero-order valence-electron chi connectivity index (χ0n) is 9.89. The minimum atomic E-state index is -1.16. The van der Waals surface area contributed by atoms with Crippen molar-refractivity contribution in [3.8, 4) is 0 Å². The van der Waals surface area contributed by atoms with Gasteiger partial charge in [0.1, 0.15) is 0 Å². The number of rotatable bonds is 5. The lowest BCUT2D eigenvalue weighted by molar-refractivity contribution is 0.0659. The zero-order valence-corrected chi connectivity index (χ0v) is 9.89. The van der Waals surface area contributed by atoms with Crippen LogP contribution in [0.2, 0.25) is 0 Å². The third-order valence-corrected chi connectivity index (χ3v) is 3.60. The predicted molar refractivity (Wildman–Crippen MR) is 62.4 cm³/mol. The van der Waals surface area contributed by atoms with Crippen LogP contribution in [-0.4, -0.2) is 23.0 Å². The van der Waals surface area contributed by atoms with Crippen LogP contribution in [0, 0.1) is 11.8 Å². The van der Waals surface area contributed by atoms with Crippen LogP contribution in [0.5, 0.6) is 0 Å². The van der Waals surface area contributed by atoms with Crippen LogP contribution in [0.1, 0.15) is 46.8 Å². The molecular formula is C13H15NO4. The Kier molecular flexibility index (Phi) is 2.61. The molecule has 0 bridgehead atoms. The van der Waals surface area contributed by atoms with Gasteiger partial charge in [0, 0.05) is 6.04 Å². The second-order valence-corrected chi connectivity index (χ2v) is 5.14. The van der Waals surface area contributed by atoms with Crippen LogP contribution in [0.3, 0.4) is 0 Å². The van der Waals surface area contributed by atoms with Crippen molar-refractivity contribution in [2.45, 2.75) is 31.7 Å². The Morgan fingerprint density at radius 1 is 1.17 bits per heavy atom. The minimum Gasteiger partial charge on any atom is -0.475 e. The molecule has 0 atom stereocenters. The Balaban J connectivity index is 1.67. The zero-order chi connectivity index (χ0) is 12.7. The normalized spacial score (nSPS) is 18.9. The van der Waals surface area contributed by atoms with Gasteiger partial charge in [-0.15, -0.1) is 0 Å². The Bertz CT molecular complexity index is 473. The summed E-state index contributed by atoms with van der Waals surface area (Å²) in [5.41, 5.74) is 0. The van der Waals surface area contributed by atoms with Gasteiger partial charge in [-0.05, 0) is 49.7 Å². The van der Waals surface area contributed by atoms with Gasteiger partial charge < -0.3 is 14.8 Å². The molecular weight excluding hydrogens is 234 g/mol. The van der Waals surface area contributed by atoms with Gasteiger partial charge >= 0.3 is 5.97 Å². The summed E-state index contributed by atoms with van der Waals surface area (Å²) in [5, 5.41) is 11.7. The molecule has 2 N–H and O–H groups in total. The summed E-state index contributed by atoms with van der Waals surface area (Å²) in [6.45, 7) is 0. The van der Waals surface area contributed by atoms with E-state index < -0.39 is 5.97 Å². The van der Waals surface area contributed by atoms with Crippen molar-refractivity contribution in [1.29, 1.82) is 0 Å². The fraction of sp³-hybridized carbons (Fsp3) is 0.538. The Labute approximate surface area is 104 Å². The molecule has 1 aromatic rings. The molecule has 0 radical (unpaired) electrons. The van der Waals surface area contributed by atoms with E-state index in [9.17, 15) is 9.59 Å². The van der Waals surface area contributed by atoms with Gasteiger partial charge in [-0.2, -0.15) is 0 Å². The Morgan fingerprint density at radius 2 is 1.72 bits per heavy atom. The molecule has 1 aromatic heterocycles. The van der Waals surface area contributed by atoms with Crippen molar-refractivity contribution in [2.24, 2.45) is 11.8 Å². The fourth-order valence-electron chi connectivity index (χ4n) is 2.33. The molecule has 2 saturated carbocycles. The molecule has 2 aliphatic rings. The van der Waals surface area contributed by atoms with E-state index >= 15 is 0 Å². The third-order valence-electron chi connectivity index (χ3n) is 3.60. The summed E-state index contributed by atoms with van der Waals surface area (Å²) in [7, 11) is 0. The fourth-order valence-corrected chi connectivity index (χ4v) is 2.33. The van der Waals surface area contributed by atoms with Gasteiger partial charge in [-0.25, -0.2) is 4.79 Å². The maximum atomic E-state index is 12.0. The average Bonchev–Trinajstić information content (AvgIpc) is 3.24. The number of nitrogens with one attached hydrogen (secondary N) is 1. The van der Waals surface area contributed by atoms with Gasteiger partial charge in [-0.1, -0.05) is 0 Å². The van der Waals surface area contributed by atoms with Crippen LogP contribution in [-0.2, 0) is 0 Å². The molecule has 0 aromatic carbocycles. The summed E-state index contributed by atoms with van der Waals surface area (Å²) >= 11 is 0. The number of carboxylic acid groups (broad SMARTS) is 1. The second-order valence-electron chi connectivity index (χ2n) is 5.14. The highest BCUT2D eigenvalue weighted by Gasteiger charge is 2.42. The van der Waals surface area contributed by atoms with Crippen molar-refractivity contribution < 1.29 is 19.1 Å². The van der Waals surface area contributed by atoms with Crippen LogP contribution in [0.15, 0.2) is 16.5 Å². The van der Waals surface area contributed by atoms with E-state index in [-0.39, 0.29) is 23.5 Å². The van der Waals surface area contributed by atoms with E-state index in [1.807, 2.05) is 0 Å². The van der Waals surface area contributed by atoms with Crippen molar-refractivity contribution in [3.05, 3.63) is 23.7 Å². The minimum absolute atomic E-state index is 0.0821. The van der Waals surface area contributed by atoms with Crippen molar-refractivity contribution in [1.82, 2.24) is 5.32 Å². The Hall–Kier alpha value is -1.78. The molecule has 0 saturated heterocycles. The first-order valence-corrected chi connectivity index (χ1v) is 6.29. The first-order chi connectivity index (χ1) is 8.65. The summed E-state index contributed by atoms with van der Waals surface area (Å²) in [5.74, 6) is -0.361. The molecule has 5 heteroatoms. The number of amides is 1. The highest BCUT2D eigenvalue weighted by atomic mass is 16.4. The topological polar surface area (TPSA) is 79.5 Å². The van der Waals surface area contributed by atoms with E-state index in [4.69, 9.17) is 9.52 Å². The van der Waals surface area contributed by atoms with E-state index in [1.165, 1.54) is 37.8 Å². The van der Waals surface area contributed by atoms with Crippen LogP contribution in [0.4, 0.5) is 0 Å². The first-order valence-electron chi connectivity index (χ1n) is 6.29. The summed E-state index contributed by atoms with van der Waals surface area (Å²) in [6, 6.07) is 2.96. The molecule has 2 aliphatic carbocycles. The predicted octanol–water partition coefficient (Wildman–Crippen LogP) is 1.90.